The number of ether oxygens (including phenoxy) is 1. The van der Waals surface area contributed by atoms with Gasteiger partial charge in [-0.15, -0.1) is 4.91 Å². The lowest BCUT2D eigenvalue weighted by Crippen LogP contribution is -2.41. The van der Waals surface area contributed by atoms with Crippen molar-refractivity contribution in [3.63, 3.8) is 0 Å². The number of nitroso groups, excluding NO2 is 1. The average Bonchev–Trinajstić information content (AvgIpc) is 3.03. The number of amides is 2. The topological polar surface area (TPSA) is 134 Å². The summed E-state index contributed by atoms with van der Waals surface area (Å²) in [5, 5.41) is 12.7. The number of halogens is 1. The first-order chi connectivity index (χ1) is 21.0. The van der Waals surface area contributed by atoms with Crippen molar-refractivity contribution in [2.45, 2.75) is 32.1 Å². The van der Waals surface area contributed by atoms with E-state index in [4.69, 9.17) is 16.3 Å². The van der Waals surface area contributed by atoms with Crippen molar-refractivity contribution in [3.05, 3.63) is 88.2 Å². The number of para-hydroxylation sites is 1. The number of piperidine rings is 1. The second-order valence-corrected chi connectivity index (χ2v) is 11.1. The number of nitrogens with zero attached hydrogens (tertiary/aromatic N) is 5. The minimum absolute atomic E-state index is 0.212. The first-order valence-electron chi connectivity index (χ1n) is 14.3. The van der Waals surface area contributed by atoms with Crippen LogP contribution < -0.4 is 20.7 Å². The SMILES string of the molecule is O=Nc1ccccc1NC(=O)N1CCC(CCOc2ccc3cc2CCc2cncc(c2)Nc2ncc(Cl)c(n2)N3)CC1. The summed E-state index contributed by atoms with van der Waals surface area (Å²) in [6.45, 7) is 1.87. The van der Waals surface area contributed by atoms with Gasteiger partial charge in [0.05, 0.1) is 30.4 Å². The van der Waals surface area contributed by atoms with Gasteiger partial charge in [-0.3, -0.25) is 4.98 Å². The number of pyridine rings is 1. The number of carbonyl (C=O) groups is 1. The monoisotopic (exact) mass is 598 g/mol. The van der Waals surface area contributed by atoms with E-state index >= 15 is 0 Å². The van der Waals surface area contributed by atoms with Gasteiger partial charge in [0.15, 0.2) is 5.82 Å². The first kappa shape index (κ1) is 28.4. The zero-order valence-corrected chi connectivity index (χ0v) is 24.2. The molecular formula is C31H31ClN8O3. The zero-order chi connectivity index (χ0) is 29.6. The van der Waals surface area contributed by atoms with Crippen LogP contribution in [-0.4, -0.2) is 45.6 Å². The van der Waals surface area contributed by atoms with Crippen LogP contribution in [0.5, 0.6) is 5.75 Å². The summed E-state index contributed by atoms with van der Waals surface area (Å²) in [4.78, 5) is 38.8. The minimum Gasteiger partial charge on any atom is -0.493 e. The molecule has 220 valence electrons. The highest BCUT2D eigenvalue weighted by Gasteiger charge is 2.23. The number of nitrogens with one attached hydrogen (secondary N) is 3. The van der Waals surface area contributed by atoms with E-state index in [0.29, 0.717) is 48.1 Å². The van der Waals surface area contributed by atoms with Gasteiger partial charge >= 0.3 is 6.03 Å². The molecule has 4 heterocycles. The molecule has 2 aromatic carbocycles. The molecular weight excluding hydrogens is 568 g/mol. The average molecular weight is 599 g/mol. The predicted octanol–water partition coefficient (Wildman–Crippen LogP) is 7.22. The molecule has 2 amide bonds. The quantitative estimate of drug-likeness (QED) is 0.198. The molecule has 2 aliphatic heterocycles. The molecule has 0 saturated carbocycles. The fourth-order valence-electron chi connectivity index (χ4n) is 5.36. The summed E-state index contributed by atoms with van der Waals surface area (Å²) < 4.78 is 6.33. The number of likely N-dealkylation sites (tertiary alicyclic amines) is 1. The van der Waals surface area contributed by atoms with Gasteiger partial charge in [0.2, 0.25) is 5.95 Å². The lowest BCUT2D eigenvalue weighted by molar-refractivity contribution is 0.170. The van der Waals surface area contributed by atoms with Crippen molar-refractivity contribution in [3.8, 4) is 5.75 Å². The Hall–Kier alpha value is -4.77. The van der Waals surface area contributed by atoms with Crippen LogP contribution in [0.1, 0.15) is 30.4 Å². The fraction of sp³-hybridized carbons (Fsp3) is 0.290. The molecule has 3 N–H and O–H groups in total. The summed E-state index contributed by atoms with van der Waals surface area (Å²) in [5.41, 5.74) is 4.47. The van der Waals surface area contributed by atoms with E-state index in [9.17, 15) is 9.70 Å². The molecule has 2 aromatic heterocycles. The molecule has 6 bridgehead atoms. The number of carbonyl (C=O) groups excluding carboxylic acids is 1. The van der Waals surface area contributed by atoms with Crippen LogP contribution in [0.15, 0.2) is 72.3 Å². The van der Waals surface area contributed by atoms with Gasteiger partial charge in [-0.2, -0.15) is 4.98 Å². The van der Waals surface area contributed by atoms with Crippen molar-refractivity contribution in [2.24, 2.45) is 11.1 Å². The minimum atomic E-state index is -0.212. The van der Waals surface area contributed by atoms with Crippen LogP contribution in [-0.2, 0) is 12.8 Å². The highest BCUT2D eigenvalue weighted by Crippen LogP contribution is 2.31. The molecule has 1 fully saturated rings. The number of benzene rings is 2. The number of hydrogen-bond donors (Lipinski definition) is 3. The maximum atomic E-state index is 12.7. The van der Waals surface area contributed by atoms with Crippen molar-refractivity contribution < 1.29 is 9.53 Å². The Morgan fingerprint density at radius 1 is 1.05 bits per heavy atom. The second-order valence-electron chi connectivity index (χ2n) is 10.7. The maximum Gasteiger partial charge on any atom is 0.321 e. The Bertz CT molecular complexity index is 1630. The summed E-state index contributed by atoms with van der Waals surface area (Å²) in [5.74, 6) is 2.23. The Labute approximate surface area is 254 Å². The normalized spacial score (nSPS) is 14.7. The van der Waals surface area contributed by atoms with E-state index in [1.54, 1.807) is 41.6 Å². The van der Waals surface area contributed by atoms with Crippen LogP contribution in [0.4, 0.5) is 39.3 Å². The molecule has 6 rings (SSSR count). The maximum absolute atomic E-state index is 12.7. The van der Waals surface area contributed by atoms with Crippen LogP contribution in [0.2, 0.25) is 5.02 Å². The number of rotatable bonds is 6. The van der Waals surface area contributed by atoms with E-state index in [1.807, 2.05) is 24.4 Å². The Morgan fingerprint density at radius 2 is 1.91 bits per heavy atom. The van der Waals surface area contributed by atoms with Crippen LogP contribution in [0.3, 0.4) is 0 Å². The molecule has 0 unspecified atom stereocenters. The predicted molar refractivity (Wildman–Crippen MR) is 167 cm³/mol. The summed E-state index contributed by atoms with van der Waals surface area (Å²) in [6.07, 6.45) is 9.40. The summed E-state index contributed by atoms with van der Waals surface area (Å²) >= 11 is 6.39. The third-order valence-corrected chi connectivity index (χ3v) is 8.01. The van der Waals surface area contributed by atoms with Gasteiger partial charge in [-0.1, -0.05) is 23.7 Å². The number of aromatic nitrogens is 3. The van der Waals surface area contributed by atoms with E-state index in [2.05, 4.69) is 42.1 Å². The van der Waals surface area contributed by atoms with Crippen molar-refractivity contribution in [1.29, 1.82) is 0 Å². The van der Waals surface area contributed by atoms with E-state index in [0.717, 1.165) is 60.4 Å². The van der Waals surface area contributed by atoms with Crippen LogP contribution in [0.25, 0.3) is 0 Å². The van der Waals surface area contributed by atoms with Gasteiger partial charge in [0, 0.05) is 25.0 Å². The number of aryl methyl sites for hydroxylation is 2. The van der Waals surface area contributed by atoms with Gasteiger partial charge in [-0.25, -0.2) is 9.78 Å². The molecule has 11 nitrogen and oxygen atoms in total. The van der Waals surface area contributed by atoms with Crippen LogP contribution >= 0.6 is 11.6 Å². The Kier molecular flexibility index (Phi) is 8.60. The molecule has 0 radical (unpaired) electrons. The third-order valence-electron chi connectivity index (χ3n) is 7.73. The largest absolute Gasteiger partial charge is 0.493 e. The van der Waals surface area contributed by atoms with Crippen molar-refractivity contribution >= 4 is 52.1 Å². The smallest absolute Gasteiger partial charge is 0.321 e. The van der Waals surface area contributed by atoms with Gasteiger partial charge < -0.3 is 25.6 Å². The number of anilines is 5. The molecule has 4 aromatic rings. The molecule has 2 aliphatic rings. The summed E-state index contributed by atoms with van der Waals surface area (Å²) in [6, 6.07) is 14.6. The van der Waals surface area contributed by atoms with Crippen molar-refractivity contribution in [1.82, 2.24) is 19.9 Å². The molecule has 12 heteroatoms. The van der Waals surface area contributed by atoms with Crippen LogP contribution in [0, 0.1) is 10.8 Å². The third kappa shape index (κ3) is 7.00. The Morgan fingerprint density at radius 3 is 2.77 bits per heavy atom. The molecule has 0 aliphatic carbocycles. The van der Waals surface area contributed by atoms with E-state index in [-0.39, 0.29) is 11.7 Å². The number of fused-ring (bicyclic) bond motifs is 6. The molecule has 0 spiro atoms. The van der Waals surface area contributed by atoms with E-state index < -0.39 is 0 Å². The fourth-order valence-corrected chi connectivity index (χ4v) is 5.50. The van der Waals surface area contributed by atoms with Gasteiger partial charge in [0.25, 0.3) is 0 Å². The standard InChI is InChI=1S/C31H31ClN8O3/c32-25-19-34-30-36-24-15-21(17-33-18-24)5-6-22-16-23(35-29(25)38-30)7-8-28(22)43-14-11-20-9-12-40(13-10-20)31(41)37-26-3-1-2-4-27(26)39-42/h1-4,7-8,15-20H,5-6,9-14H2,(H,37,41)(H2,34,35,36,38). The first-order valence-corrected chi connectivity index (χ1v) is 14.7. The highest BCUT2D eigenvalue weighted by atomic mass is 35.5. The number of urea groups is 1. The molecule has 43 heavy (non-hydrogen) atoms. The molecule has 0 atom stereocenters. The zero-order valence-electron chi connectivity index (χ0n) is 23.4. The van der Waals surface area contributed by atoms with Gasteiger partial charge in [0.1, 0.15) is 16.5 Å². The number of hydrogen-bond acceptors (Lipinski definition) is 9. The van der Waals surface area contributed by atoms with Gasteiger partial charge in [-0.05, 0) is 90.7 Å². The lowest BCUT2D eigenvalue weighted by Gasteiger charge is -2.32. The highest BCUT2D eigenvalue weighted by molar-refractivity contribution is 6.32. The lowest BCUT2D eigenvalue weighted by atomic mass is 9.94. The molecule has 1 saturated heterocycles. The Balaban J connectivity index is 1.07. The second kappa shape index (κ2) is 13.0. The summed E-state index contributed by atoms with van der Waals surface area (Å²) in [7, 11) is 0. The van der Waals surface area contributed by atoms with E-state index in [1.165, 1.54) is 0 Å². The van der Waals surface area contributed by atoms with Crippen molar-refractivity contribution in [2.75, 3.05) is 35.6 Å².